The lowest BCUT2D eigenvalue weighted by Gasteiger charge is -1.89. The summed E-state index contributed by atoms with van der Waals surface area (Å²) in [4.78, 5) is 26.4. The summed E-state index contributed by atoms with van der Waals surface area (Å²) in [7, 11) is 1.41. The van der Waals surface area contributed by atoms with Crippen molar-refractivity contribution in [2.24, 2.45) is 16.7 Å². The molecule has 0 atom stereocenters. The first-order valence-electron chi connectivity index (χ1n) is 2.49. The van der Waals surface area contributed by atoms with Crippen LogP contribution in [-0.2, 0) is 9.68 Å². The summed E-state index contributed by atoms with van der Waals surface area (Å²) in [6, 6.07) is 0. The van der Waals surface area contributed by atoms with Gasteiger partial charge in [0, 0.05) is 7.05 Å². The molecule has 0 spiro atoms. The molecule has 0 bridgehead atoms. The van der Waals surface area contributed by atoms with Crippen LogP contribution in [0.3, 0.4) is 0 Å². The summed E-state index contributed by atoms with van der Waals surface area (Å²) in [5.74, 6) is 4.20. The zero-order valence-corrected chi connectivity index (χ0v) is 6.23. The van der Waals surface area contributed by atoms with Gasteiger partial charge >= 0.3 is 12.2 Å². The van der Waals surface area contributed by atoms with Gasteiger partial charge < -0.3 is 15.4 Å². The molecule has 6 N–H and O–H groups in total. The Hall–Kier alpha value is -1.74. The highest BCUT2D eigenvalue weighted by atomic mass is 16.7. The molecule has 9 nitrogen and oxygen atoms in total. The molecule has 0 aromatic heterocycles. The van der Waals surface area contributed by atoms with Gasteiger partial charge in [0.25, 0.3) is 0 Å². The Bertz CT molecular complexity index is 159. The zero-order chi connectivity index (χ0) is 9.98. The Balaban J connectivity index is 0. The molecular formula is C3H9N5O4. The van der Waals surface area contributed by atoms with Crippen molar-refractivity contribution in [1.29, 1.82) is 5.53 Å². The second-order valence-electron chi connectivity index (χ2n) is 1.12. The van der Waals surface area contributed by atoms with Gasteiger partial charge in [0.05, 0.1) is 0 Å². The third-order valence-electron chi connectivity index (χ3n) is 0.397. The van der Waals surface area contributed by atoms with Crippen molar-refractivity contribution in [2.75, 3.05) is 7.05 Å². The summed E-state index contributed by atoms with van der Waals surface area (Å²) in [5.41, 5.74) is 12.4. The number of amides is 2. The highest BCUT2D eigenvalue weighted by Gasteiger charge is 1.91. The molecule has 12 heavy (non-hydrogen) atoms. The number of hydrogen-bond donors (Lipinski definition) is 4. The Morgan fingerprint density at radius 2 is 2.00 bits per heavy atom. The van der Waals surface area contributed by atoms with Crippen molar-refractivity contribution in [3.05, 3.63) is 0 Å². The summed E-state index contributed by atoms with van der Waals surface area (Å²) >= 11 is 0. The number of carbonyl (C=O) groups is 2. The lowest BCUT2D eigenvalue weighted by molar-refractivity contribution is 0.110. The molecule has 0 radical (unpaired) electrons. The van der Waals surface area contributed by atoms with Crippen molar-refractivity contribution >= 4 is 12.2 Å². The second-order valence-corrected chi connectivity index (χ2v) is 1.12. The number of primary amides is 1. The molecule has 0 aromatic carbocycles. The summed E-state index contributed by atoms with van der Waals surface area (Å²) in [6.45, 7) is 0. The Kier molecular flexibility index (Phi) is 9.95. The monoisotopic (exact) mass is 179 g/mol. The fourth-order valence-electron chi connectivity index (χ4n) is 0.110. The lowest BCUT2D eigenvalue weighted by Crippen LogP contribution is -2.16. The topological polar surface area (TPSA) is 153 Å². The molecule has 0 aliphatic rings. The Morgan fingerprint density at radius 1 is 1.58 bits per heavy atom. The minimum Gasteiger partial charge on any atom is -0.357 e. The van der Waals surface area contributed by atoms with Gasteiger partial charge in [-0.25, -0.2) is 9.59 Å². The van der Waals surface area contributed by atoms with Gasteiger partial charge in [0.15, 0.2) is 0 Å². The maximum absolute atomic E-state index is 9.77. The molecule has 0 saturated carbocycles. The molecule has 0 heterocycles. The molecule has 0 aromatic rings. The smallest absolute Gasteiger partial charge is 0.357 e. The van der Waals surface area contributed by atoms with Crippen LogP contribution < -0.4 is 17.1 Å². The first-order chi connectivity index (χ1) is 5.58. The van der Waals surface area contributed by atoms with Gasteiger partial charge in [-0.3, -0.25) is 0 Å². The standard InChI is InChI=1S/C2H5N3O2.CH4N2O2/c1-4-7-2(6)5-3;2-1(4)5-3/h3-4H,1H3;3H2,(H2,2,4). The van der Waals surface area contributed by atoms with E-state index in [1.807, 2.05) is 0 Å². The normalized spacial score (nSPS) is 7.17. The van der Waals surface area contributed by atoms with Crippen LogP contribution in [0.5, 0.6) is 0 Å². The highest BCUT2D eigenvalue weighted by Crippen LogP contribution is 1.73. The maximum Gasteiger partial charge on any atom is 0.470 e. The van der Waals surface area contributed by atoms with Gasteiger partial charge in [-0.1, -0.05) is 5.11 Å². The average molecular weight is 179 g/mol. The molecule has 0 saturated heterocycles. The van der Waals surface area contributed by atoms with Crippen molar-refractivity contribution in [2.45, 2.75) is 0 Å². The molecule has 0 rings (SSSR count). The van der Waals surface area contributed by atoms with E-state index < -0.39 is 12.2 Å². The number of rotatable bonds is 1. The van der Waals surface area contributed by atoms with E-state index in [1.54, 1.807) is 0 Å². The van der Waals surface area contributed by atoms with E-state index >= 15 is 0 Å². The van der Waals surface area contributed by atoms with Crippen LogP contribution in [0.1, 0.15) is 0 Å². The van der Waals surface area contributed by atoms with Gasteiger partial charge in [0.1, 0.15) is 0 Å². The van der Waals surface area contributed by atoms with Gasteiger partial charge in [-0.2, -0.15) is 16.9 Å². The molecule has 0 fully saturated rings. The van der Waals surface area contributed by atoms with E-state index in [0.29, 0.717) is 0 Å². The molecule has 0 unspecified atom stereocenters. The van der Waals surface area contributed by atoms with Crippen molar-refractivity contribution in [1.82, 2.24) is 5.48 Å². The lowest BCUT2D eigenvalue weighted by atomic mass is 11.3. The zero-order valence-electron chi connectivity index (χ0n) is 6.23. The minimum absolute atomic E-state index is 0.942. The van der Waals surface area contributed by atoms with E-state index in [4.69, 9.17) is 5.53 Å². The van der Waals surface area contributed by atoms with Gasteiger partial charge in [-0.05, 0) is 0 Å². The Labute approximate surface area is 67.4 Å². The van der Waals surface area contributed by atoms with E-state index in [2.05, 4.69) is 31.9 Å². The van der Waals surface area contributed by atoms with Crippen LogP contribution in [0.4, 0.5) is 9.59 Å². The van der Waals surface area contributed by atoms with Crippen LogP contribution in [0.2, 0.25) is 0 Å². The number of nitrogens with one attached hydrogen (secondary N) is 2. The van der Waals surface area contributed by atoms with E-state index in [0.717, 1.165) is 0 Å². The van der Waals surface area contributed by atoms with Crippen LogP contribution in [0, 0.1) is 5.53 Å². The second kappa shape index (κ2) is 9.26. The summed E-state index contributed by atoms with van der Waals surface area (Å²) in [6.07, 6.45) is -1.91. The van der Waals surface area contributed by atoms with Crippen molar-refractivity contribution < 1.29 is 19.3 Å². The number of hydroxylamine groups is 1. The molecule has 0 aliphatic carbocycles. The van der Waals surface area contributed by atoms with Gasteiger partial charge in [-0.15, -0.1) is 0 Å². The van der Waals surface area contributed by atoms with E-state index in [1.165, 1.54) is 7.05 Å². The fraction of sp³-hybridized carbons (Fsp3) is 0.333. The number of nitrogens with zero attached hydrogens (tertiary/aromatic N) is 1. The molecule has 2 amide bonds. The molecular weight excluding hydrogens is 170 g/mol. The molecule has 9 heteroatoms. The number of hydrogen-bond acceptors (Lipinski definition) is 7. The maximum atomic E-state index is 9.77. The molecule has 0 aliphatic heterocycles. The largest absolute Gasteiger partial charge is 0.470 e. The van der Waals surface area contributed by atoms with E-state index in [9.17, 15) is 9.59 Å². The first kappa shape index (κ1) is 12.9. The van der Waals surface area contributed by atoms with Crippen LogP contribution in [0.25, 0.3) is 0 Å². The summed E-state index contributed by atoms with van der Waals surface area (Å²) < 4.78 is 0. The van der Waals surface area contributed by atoms with Crippen molar-refractivity contribution in [3.8, 4) is 0 Å². The molecule has 70 valence electrons. The van der Waals surface area contributed by atoms with E-state index in [-0.39, 0.29) is 0 Å². The minimum atomic E-state index is -0.968. The quantitative estimate of drug-likeness (QED) is 0.306. The predicted octanol–water partition coefficient (Wildman–Crippen LogP) is -0.756. The average Bonchev–Trinajstić information content (AvgIpc) is 2.06. The van der Waals surface area contributed by atoms with Crippen molar-refractivity contribution in [3.63, 3.8) is 0 Å². The SMILES string of the molecule is CNOC(=O)N=N.NOC(N)=O. The van der Waals surface area contributed by atoms with Crippen LogP contribution in [0.15, 0.2) is 5.11 Å². The fourth-order valence-corrected chi connectivity index (χ4v) is 0.110. The van der Waals surface area contributed by atoms with Gasteiger partial charge in [0.2, 0.25) is 0 Å². The summed E-state index contributed by atoms with van der Waals surface area (Å²) in [5, 5.41) is 2.40. The predicted molar refractivity (Wildman–Crippen MR) is 35.5 cm³/mol. The van der Waals surface area contributed by atoms with Crippen LogP contribution >= 0.6 is 0 Å². The third kappa shape index (κ3) is 15.7. The first-order valence-corrected chi connectivity index (χ1v) is 2.49. The Morgan fingerprint density at radius 3 is 2.08 bits per heavy atom. The highest BCUT2D eigenvalue weighted by molar-refractivity contribution is 5.66. The van der Waals surface area contributed by atoms with Crippen LogP contribution in [-0.4, -0.2) is 19.2 Å². The third-order valence-corrected chi connectivity index (χ3v) is 0.397. The number of nitrogens with two attached hydrogens (primary N) is 2. The number of carbonyl (C=O) groups excluding carboxylic acids is 2.